The van der Waals surface area contributed by atoms with Gasteiger partial charge in [-0.15, -0.1) is 0 Å². The lowest BCUT2D eigenvalue weighted by atomic mass is 10.1. The SMILES string of the molecule is Cc1ccccc1COC1COC(C)(C)OC1C. The van der Waals surface area contributed by atoms with Crippen molar-refractivity contribution in [3.8, 4) is 0 Å². The quantitative estimate of drug-likeness (QED) is 0.825. The zero-order valence-electron chi connectivity index (χ0n) is 11.6. The summed E-state index contributed by atoms with van der Waals surface area (Å²) < 4.78 is 17.3. The number of hydrogen-bond acceptors (Lipinski definition) is 3. The van der Waals surface area contributed by atoms with Crippen LogP contribution in [0.2, 0.25) is 0 Å². The van der Waals surface area contributed by atoms with Crippen molar-refractivity contribution in [3.63, 3.8) is 0 Å². The molecule has 3 nitrogen and oxygen atoms in total. The number of aryl methyl sites for hydroxylation is 1. The summed E-state index contributed by atoms with van der Waals surface area (Å²) in [6, 6.07) is 8.26. The summed E-state index contributed by atoms with van der Waals surface area (Å²) >= 11 is 0. The van der Waals surface area contributed by atoms with Crippen molar-refractivity contribution in [1.82, 2.24) is 0 Å². The summed E-state index contributed by atoms with van der Waals surface area (Å²) in [5.74, 6) is -0.498. The van der Waals surface area contributed by atoms with Crippen LogP contribution < -0.4 is 0 Å². The van der Waals surface area contributed by atoms with Gasteiger partial charge in [-0.2, -0.15) is 0 Å². The summed E-state index contributed by atoms with van der Waals surface area (Å²) in [7, 11) is 0. The van der Waals surface area contributed by atoms with E-state index in [2.05, 4.69) is 19.1 Å². The van der Waals surface area contributed by atoms with Gasteiger partial charge in [-0.3, -0.25) is 0 Å². The van der Waals surface area contributed by atoms with Crippen molar-refractivity contribution in [3.05, 3.63) is 35.4 Å². The van der Waals surface area contributed by atoms with E-state index >= 15 is 0 Å². The number of benzene rings is 1. The van der Waals surface area contributed by atoms with Gasteiger partial charge < -0.3 is 14.2 Å². The third-order valence-corrected chi connectivity index (χ3v) is 3.30. The number of ether oxygens (including phenoxy) is 3. The van der Waals surface area contributed by atoms with Crippen molar-refractivity contribution in [1.29, 1.82) is 0 Å². The van der Waals surface area contributed by atoms with Crippen LogP contribution >= 0.6 is 0 Å². The smallest absolute Gasteiger partial charge is 0.163 e. The monoisotopic (exact) mass is 250 g/mol. The molecule has 0 saturated carbocycles. The van der Waals surface area contributed by atoms with Crippen LogP contribution in [0.4, 0.5) is 0 Å². The van der Waals surface area contributed by atoms with E-state index in [0.717, 1.165) is 0 Å². The van der Waals surface area contributed by atoms with E-state index in [1.54, 1.807) is 0 Å². The first-order valence-corrected chi connectivity index (χ1v) is 6.46. The molecule has 0 spiro atoms. The first kappa shape index (κ1) is 13.5. The first-order valence-electron chi connectivity index (χ1n) is 6.46. The van der Waals surface area contributed by atoms with Gasteiger partial charge in [-0.1, -0.05) is 24.3 Å². The normalized spacial score (nSPS) is 27.1. The van der Waals surface area contributed by atoms with Crippen molar-refractivity contribution < 1.29 is 14.2 Å². The van der Waals surface area contributed by atoms with Gasteiger partial charge in [0.2, 0.25) is 0 Å². The molecular weight excluding hydrogens is 228 g/mol. The Morgan fingerprint density at radius 2 is 2.06 bits per heavy atom. The second-order valence-corrected chi connectivity index (χ2v) is 5.31. The molecule has 100 valence electrons. The number of rotatable bonds is 3. The fourth-order valence-electron chi connectivity index (χ4n) is 2.13. The highest BCUT2D eigenvalue weighted by Crippen LogP contribution is 2.24. The van der Waals surface area contributed by atoms with Crippen LogP contribution in [0.3, 0.4) is 0 Å². The molecule has 1 heterocycles. The highest BCUT2D eigenvalue weighted by molar-refractivity contribution is 5.24. The molecule has 0 aliphatic carbocycles. The van der Waals surface area contributed by atoms with Gasteiger partial charge in [0, 0.05) is 0 Å². The lowest BCUT2D eigenvalue weighted by molar-refractivity contribution is -0.307. The third kappa shape index (κ3) is 3.31. The summed E-state index contributed by atoms with van der Waals surface area (Å²) in [6.45, 7) is 9.18. The second kappa shape index (κ2) is 5.39. The van der Waals surface area contributed by atoms with Crippen molar-refractivity contribution in [2.45, 2.75) is 52.3 Å². The Labute approximate surface area is 109 Å². The van der Waals surface area contributed by atoms with E-state index in [1.165, 1.54) is 11.1 Å². The fraction of sp³-hybridized carbons (Fsp3) is 0.600. The topological polar surface area (TPSA) is 27.7 Å². The van der Waals surface area contributed by atoms with Gasteiger partial charge in [0.25, 0.3) is 0 Å². The van der Waals surface area contributed by atoms with E-state index in [-0.39, 0.29) is 12.2 Å². The molecule has 0 radical (unpaired) electrons. The molecule has 3 heteroatoms. The molecule has 1 aliphatic rings. The molecular formula is C15H22O3. The van der Waals surface area contributed by atoms with Gasteiger partial charge in [0.1, 0.15) is 6.10 Å². The lowest BCUT2D eigenvalue weighted by Gasteiger charge is -2.39. The fourth-order valence-corrected chi connectivity index (χ4v) is 2.13. The Hall–Kier alpha value is -0.900. The molecule has 1 saturated heterocycles. The zero-order valence-corrected chi connectivity index (χ0v) is 11.6. The zero-order chi connectivity index (χ0) is 13.2. The largest absolute Gasteiger partial charge is 0.368 e. The maximum Gasteiger partial charge on any atom is 0.163 e. The molecule has 1 aromatic carbocycles. The Morgan fingerprint density at radius 1 is 1.33 bits per heavy atom. The molecule has 0 bridgehead atoms. The molecule has 0 amide bonds. The van der Waals surface area contributed by atoms with Gasteiger partial charge in [-0.05, 0) is 38.8 Å². The number of hydrogen-bond donors (Lipinski definition) is 0. The maximum absolute atomic E-state index is 5.91. The van der Waals surface area contributed by atoms with Crippen LogP contribution in [0.5, 0.6) is 0 Å². The summed E-state index contributed by atoms with van der Waals surface area (Å²) in [5.41, 5.74) is 2.47. The predicted molar refractivity (Wildman–Crippen MR) is 70.3 cm³/mol. The average Bonchev–Trinajstić information content (AvgIpc) is 2.29. The average molecular weight is 250 g/mol. The Bertz CT molecular complexity index is 400. The second-order valence-electron chi connectivity index (χ2n) is 5.31. The highest BCUT2D eigenvalue weighted by Gasteiger charge is 2.34. The van der Waals surface area contributed by atoms with Crippen molar-refractivity contribution in [2.75, 3.05) is 6.61 Å². The summed E-state index contributed by atoms with van der Waals surface area (Å²) in [4.78, 5) is 0. The first-order chi connectivity index (χ1) is 8.48. The van der Waals surface area contributed by atoms with Gasteiger partial charge in [-0.25, -0.2) is 0 Å². The Balaban J connectivity index is 1.90. The molecule has 18 heavy (non-hydrogen) atoms. The van der Waals surface area contributed by atoms with E-state index in [9.17, 15) is 0 Å². The molecule has 2 rings (SSSR count). The van der Waals surface area contributed by atoms with Crippen molar-refractivity contribution in [2.24, 2.45) is 0 Å². The van der Waals surface area contributed by atoms with Crippen LogP contribution in [-0.4, -0.2) is 24.6 Å². The van der Waals surface area contributed by atoms with Crippen LogP contribution in [-0.2, 0) is 20.8 Å². The molecule has 2 unspecified atom stereocenters. The highest BCUT2D eigenvalue weighted by atomic mass is 16.7. The van der Waals surface area contributed by atoms with Gasteiger partial charge >= 0.3 is 0 Å². The molecule has 0 N–H and O–H groups in total. The molecule has 1 aliphatic heterocycles. The van der Waals surface area contributed by atoms with E-state index in [4.69, 9.17) is 14.2 Å². The van der Waals surface area contributed by atoms with E-state index < -0.39 is 5.79 Å². The van der Waals surface area contributed by atoms with Gasteiger partial charge in [0.05, 0.1) is 19.3 Å². The summed E-state index contributed by atoms with van der Waals surface area (Å²) in [6.07, 6.45) is 0.0513. The predicted octanol–water partition coefficient (Wildman–Crippen LogP) is 3.05. The van der Waals surface area contributed by atoms with Crippen LogP contribution in [0.15, 0.2) is 24.3 Å². The van der Waals surface area contributed by atoms with Crippen molar-refractivity contribution >= 4 is 0 Å². The van der Waals surface area contributed by atoms with Crippen LogP contribution in [0, 0.1) is 6.92 Å². The minimum absolute atomic E-state index is 0.00219. The Kier molecular flexibility index (Phi) is 4.05. The van der Waals surface area contributed by atoms with E-state index in [1.807, 2.05) is 32.9 Å². The summed E-state index contributed by atoms with van der Waals surface area (Å²) in [5, 5.41) is 0. The minimum atomic E-state index is -0.498. The van der Waals surface area contributed by atoms with E-state index in [0.29, 0.717) is 13.2 Å². The lowest BCUT2D eigenvalue weighted by Crippen LogP contribution is -2.48. The van der Waals surface area contributed by atoms with Gasteiger partial charge in [0.15, 0.2) is 5.79 Å². The maximum atomic E-state index is 5.91. The molecule has 1 fully saturated rings. The molecule has 0 aromatic heterocycles. The minimum Gasteiger partial charge on any atom is -0.368 e. The van der Waals surface area contributed by atoms with Crippen LogP contribution in [0.1, 0.15) is 31.9 Å². The molecule has 1 aromatic rings. The molecule has 2 atom stereocenters. The third-order valence-electron chi connectivity index (χ3n) is 3.30. The standard InChI is InChI=1S/C15H22O3/c1-11-7-5-6-8-13(11)9-16-14-10-17-15(3,4)18-12(14)2/h5-8,12,14H,9-10H2,1-4H3. The Morgan fingerprint density at radius 3 is 2.72 bits per heavy atom. The van der Waals surface area contributed by atoms with Crippen LogP contribution in [0.25, 0.3) is 0 Å².